The fourth-order valence-corrected chi connectivity index (χ4v) is 3.73. The predicted molar refractivity (Wildman–Crippen MR) is 79.5 cm³/mol. The van der Waals surface area contributed by atoms with Crippen LogP contribution in [0.15, 0.2) is 47.4 Å². The summed E-state index contributed by atoms with van der Waals surface area (Å²) < 4.78 is 0. The Morgan fingerprint density at radius 1 is 1.22 bits per heavy atom. The van der Waals surface area contributed by atoms with Crippen molar-refractivity contribution < 1.29 is 0 Å². The van der Waals surface area contributed by atoms with Crippen LogP contribution in [0.4, 0.5) is 5.69 Å². The van der Waals surface area contributed by atoms with E-state index in [9.17, 15) is 0 Å². The average Bonchev–Trinajstić information content (AvgIpc) is 2.33. The molecule has 0 amide bonds. The quantitative estimate of drug-likeness (QED) is 0.665. The van der Waals surface area contributed by atoms with Gasteiger partial charge in [0.1, 0.15) is 0 Å². The van der Waals surface area contributed by atoms with E-state index in [1.165, 1.54) is 17.5 Å². The molecule has 1 unspecified atom stereocenters. The summed E-state index contributed by atoms with van der Waals surface area (Å²) in [5, 5.41) is 0.757. The Hall–Kier alpha value is -1.12. The number of halogens is 1. The summed E-state index contributed by atoms with van der Waals surface area (Å²) in [7, 11) is 0. The van der Waals surface area contributed by atoms with Gasteiger partial charge in [0.15, 0.2) is 0 Å². The molecule has 0 fully saturated rings. The molecular formula is C15H14ClNS. The van der Waals surface area contributed by atoms with Gasteiger partial charge in [-0.15, -0.1) is 11.8 Å². The molecule has 0 heterocycles. The number of benzene rings is 2. The van der Waals surface area contributed by atoms with Crippen LogP contribution >= 0.6 is 23.4 Å². The molecule has 1 atom stereocenters. The Kier molecular flexibility index (Phi) is 3.23. The van der Waals surface area contributed by atoms with Crippen molar-refractivity contribution in [2.24, 2.45) is 0 Å². The molecule has 0 spiro atoms. The van der Waals surface area contributed by atoms with Gasteiger partial charge < -0.3 is 5.73 Å². The molecule has 1 nitrogen and oxygen atoms in total. The van der Waals surface area contributed by atoms with Crippen molar-refractivity contribution in [3.8, 4) is 0 Å². The number of hydrogen-bond donors (Lipinski definition) is 1. The highest BCUT2D eigenvalue weighted by Gasteiger charge is 2.25. The highest BCUT2D eigenvalue weighted by atomic mass is 35.5. The summed E-state index contributed by atoms with van der Waals surface area (Å²) in [5.74, 6) is 1.75. The second kappa shape index (κ2) is 4.87. The number of hydrogen-bond acceptors (Lipinski definition) is 2. The van der Waals surface area contributed by atoms with Gasteiger partial charge in [-0.25, -0.2) is 0 Å². The topological polar surface area (TPSA) is 26.0 Å². The molecule has 0 aliphatic heterocycles. The van der Waals surface area contributed by atoms with Crippen LogP contribution in [0.25, 0.3) is 0 Å². The van der Waals surface area contributed by atoms with Crippen molar-refractivity contribution in [3.05, 3.63) is 58.6 Å². The van der Waals surface area contributed by atoms with Crippen LogP contribution in [0.3, 0.4) is 0 Å². The lowest BCUT2D eigenvalue weighted by atomic mass is 9.79. The van der Waals surface area contributed by atoms with E-state index in [-0.39, 0.29) is 0 Å². The second-order valence-electron chi connectivity index (χ2n) is 4.60. The van der Waals surface area contributed by atoms with Crippen molar-refractivity contribution in [2.75, 3.05) is 11.5 Å². The van der Waals surface area contributed by atoms with Gasteiger partial charge in [-0.3, -0.25) is 0 Å². The van der Waals surface area contributed by atoms with Crippen LogP contribution < -0.4 is 5.73 Å². The van der Waals surface area contributed by atoms with Gasteiger partial charge in [0, 0.05) is 16.3 Å². The lowest BCUT2D eigenvalue weighted by Gasteiger charge is -2.29. The van der Waals surface area contributed by atoms with Crippen LogP contribution in [0.2, 0.25) is 5.02 Å². The van der Waals surface area contributed by atoms with Crippen molar-refractivity contribution in [3.63, 3.8) is 0 Å². The lowest BCUT2D eigenvalue weighted by molar-refractivity contribution is 0.677. The maximum Gasteiger partial charge on any atom is 0.0562 e. The molecule has 2 aromatic rings. The fraction of sp³-hybridized carbons (Fsp3) is 0.200. The van der Waals surface area contributed by atoms with Crippen LogP contribution in [-0.4, -0.2) is 5.75 Å². The summed E-state index contributed by atoms with van der Waals surface area (Å²) in [4.78, 5) is 1.12. The molecule has 1 aliphatic rings. The zero-order valence-corrected chi connectivity index (χ0v) is 11.5. The number of fused-ring (bicyclic) bond motifs is 1. The molecule has 1 aliphatic carbocycles. The maximum atomic E-state index is 6.17. The summed E-state index contributed by atoms with van der Waals surface area (Å²) >= 11 is 7.99. The van der Waals surface area contributed by atoms with Crippen LogP contribution in [0.5, 0.6) is 0 Å². The van der Waals surface area contributed by atoms with Crippen molar-refractivity contribution in [2.45, 2.75) is 17.2 Å². The molecule has 2 N–H and O–H groups in total. The van der Waals surface area contributed by atoms with E-state index < -0.39 is 0 Å². The first-order valence-corrected chi connectivity index (χ1v) is 7.36. The second-order valence-corrected chi connectivity index (χ2v) is 6.07. The molecular weight excluding hydrogens is 262 g/mol. The Labute approximate surface area is 116 Å². The Balaban J connectivity index is 1.66. The van der Waals surface area contributed by atoms with Gasteiger partial charge in [-0.1, -0.05) is 35.9 Å². The summed E-state index contributed by atoms with van der Waals surface area (Å²) in [6.45, 7) is 0. The molecule has 2 aromatic carbocycles. The summed E-state index contributed by atoms with van der Waals surface area (Å²) in [6.07, 6.45) is 1.19. The zero-order chi connectivity index (χ0) is 12.5. The van der Waals surface area contributed by atoms with E-state index in [1.807, 2.05) is 30.0 Å². The monoisotopic (exact) mass is 275 g/mol. The molecule has 3 rings (SSSR count). The minimum Gasteiger partial charge on any atom is -0.399 e. The van der Waals surface area contributed by atoms with Crippen molar-refractivity contribution in [1.82, 2.24) is 0 Å². The highest BCUT2D eigenvalue weighted by Crippen LogP contribution is 2.40. The fourth-order valence-electron chi connectivity index (χ4n) is 2.34. The first kappa shape index (κ1) is 11.9. The number of nitrogen functional groups attached to an aromatic ring is 1. The predicted octanol–water partition coefficient (Wildman–Crippen LogP) is 4.35. The number of nitrogens with two attached hydrogens (primary N) is 1. The summed E-state index contributed by atoms with van der Waals surface area (Å²) in [6, 6.07) is 14.4. The van der Waals surface area contributed by atoms with E-state index in [0.29, 0.717) is 5.92 Å². The summed E-state index contributed by atoms with van der Waals surface area (Å²) in [5.41, 5.74) is 9.40. The molecule has 0 aromatic heterocycles. The number of rotatable bonds is 3. The third-order valence-corrected chi connectivity index (χ3v) is 5.02. The molecule has 3 heteroatoms. The van der Waals surface area contributed by atoms with Crippen molar-refractivity contribution >= 4 is 29.1 Å². The van der Waals surface area contributed by atoms with E-state index >= 15 is 0 Å². The standard InChI is InChI=1S/C15H14ClNS/c16-14-8-12(17)5-6-15(14)18-9-11-7-10-3-1-2-4-13(10)11/h1-6,8,11H,7,9,17H2. The van der Waals surface area contributed by atoms with Crippen LogP contribution in [0.1, 0.15) is 17.0 Å². The smallest absolute Gasteiger partial charge is 0.0562 e. The molecule has 92 valence electrons. The number of thioether (sulfide) groups is 1. The molecule has 0 radical (unpaired) electrons. The van der Waals surface area contributed by atoms with Crippen LogP contribution in [-0.2, 0) is 6.42 Å². The Morgan fingerprint density at radius 2 is 2.06 bits per heavy atom. The molecule has 18 heavy (non-hydrogen) atoms. The Morgan fingerprint density at radius 3 is 2.83 bits per heavy atom. The molecule has 0 bridgehead atoms. The van der Waals surface area contributed by atoms with E-state index in [0.717, 1.165) is 21.4 Å². The Bertz CT molecular complexity index is 582. The molecule has 0 saturated carbocycles. The van der Waals surface area contributed by atoms with Gasteiger partial charge in [-0.05, 0) is 41.7 Å². The third kappa shape index (κ3) is 2.23. The minimum atomic E-state index is 0.666. The first-order valence-electron chi connectivity index (χ1n) is 5.99. The van der Waals surface area contributed by atoms with Gasteiger partial charge >= 0.3 is 0 Å². The van der Waals surface area contributed by atoms with Gasteiger partial charge in [0.25, 0.3) is 0 Å². The van der Waals surface area contributed by atoms with Crippen LogP contribution in [0, 0.1) is 0 Å². The highest BCUT2D eigenvalue weighted by molar-refractivity contribution is 7.99. The first-order chi connectivity index (χ1) is 8.74. The lowest BCUT2D eigenvalue weighted by Crippen LogP contribution is -2.18. The van der Waals surface area contributed by atoms with Gasteiger partial charge in [0.2, 0.25) is 0 Å². The average molecular weight is 276 g/mol. The van der Waals surface area contributed by atoms with E-state index in [2.05, 4.69) is 24.3 Å². The van der Waals surface area contributed by atoms with Gasteiger partial charge in [0.05, 0.1) is 5.02 Å². The normalized spacial score (nSPS) is 17.1. The minimum absolute atomic E-state index is 0.666. The SMILES string of the molecule is Nc1ccc(SCC2Cc3ccccc32)c(Cl)c1. The maximum absolute atomic E-state index is 6.17. The zero-order valence-electron chi connectivity index (χ0n) is 9.90. The van der Waals surface area contributed by atoms with Gasteiger partial charge in [-0.2, -0.15) is 0 Å². The van der Waals surface area contributed by atoms with Crippen molar-refractivity contribution in [1.29, 1.82) is 0 Å². The van der Waals surface area contributed by atoms with E-state index in [1.54, 1.807) is 0 Å². The largest absolute Gasteiger partial charge is 0.399 e. The third-order valence-electron chi connectivity index (χ3n) is 3.36. The molecule has 0 saturated heterocycles. The number of anilines is 1. The van der Waals surface area contributed by atoms with E-state index in [4.69, 9.17) is 17.3 Å².